The van der Waals surface area contributed by atoms with Gasteiger partial charge in [0.05, 0.1) is 6.61 Å². The van der Waals surface area contributed by atoms with Crippen molar-refractivity contribution in [3.05, 3.63) is 71.8 Å². The quantitative estimate of drug-likeness (QED) is 0.146. The Kier molecular flexibility index (Phi) is 11.9. The molecule has 204 valence electrons. The Labute approximate surface area is 219 Å². The highest BCUT2D eigenvalue weighted by atomic mass is 16.4. The number of carbonyl (C=O) groups is 5. The number of carboxylic acids is 1. The highest BCUT2D eigenvalue weighted by Gasteiger charge is 2.30. The first-order chi connectivity index (χ1) is 18.1. The van der Waals surface area contributed by atoms with Gasteiger partial charge in [-0.25, -0.2) is 4.79 Å². The lowest BCUT2D eigenvalue weighted by atomic mass is 10.0. The van der Waals surface area contributed by atoms with Crippen LogP contribution in [0.2, 0.25) is 0 Å². The Hall–Kier alpha value is -4.29. The number of nitrogens with one attached hydrogen (secondary N) is 3. The topological polar surface area (TPSA) is 214 Å². The first-order valence-corrected chi connectivity index (χ1v) is 12.0. The molecule has 0 bridgehead atoms. The van der Waals surface area contributed by atoms with E-state index >= 15 is 0 Å². The molecule has 4 atom stereocenters. The number of primary amides is 1. The third-order valence-corrected chi connectivity index (χ3v) is 5.66. The van der Waals surface area contributed by atoms with Crippen LogP contribution in [-0.4, -0.2) is 70.6 Å². The minimum atomic E-state index is -1.32. The summed E-state index contributed by atoms with van der Waals surface area (Å²) in [5.41, 5.74) is 12.2. The maximum absolute atomic E-state index is 13.2. The largest absolute Gasteiger partial charge is 0.480 e. The number of benzene rings is 2. The number of rotatable bonds is 15. The van der Waals surface area contributed by atoms with Crippen molar-refractivity contribution in [1.82, 2.24) is 16.0 Å². The van der Waals surface area contributed by atoms with E-state index in [-0.39, 0.29) is 25.7 Å². The molecule has 12 heteroatoms. The zero-order valence-electron chi connectivity index (χ0n) is 20.7. The molecule has 4 amide bonds. The van der Waals surface area contributed by atoms with E-state index in [2.05, 4.69) is 16.0 Å². The fourth-order valence-electron chi connectivity index (χ4n) is 3.57. The van der Waals surface area contributed by atoms with Crippen molar-refractivity contribution in [2.24, 2.45) is 11.5 Å². The van der Waals surface area contributed by atoms with Crippen LogP contribution in [0.25, 0.3) is 0 Å². The number of aliphatic hydroxyl groups excluding tert-OH is 1. The molecular weight excluding hydrogens is 494 g/mol. The van der Waals surface area contributed by atoms with Gasteiger partial charge in [-0.3, -0.25) is 19.2 Å². The van der Waals surface area contributed by atoms with Gasteiger partial charge < -0.3 is 37.6 Å². The van der Waals surface area contributed by atoms with Gasteiger partial charge in [0.15, 0.2) is 0 Å². The Morgan fingerprint density at radius 1 is 0.711 bits per heavy atom. The van der Waals surface area contributed by atoms with Gasteiger partial charge in [-0.2, -0.15) is 0 Å². The van der Waals surface area contributed by atoms with Crippen LogP contribution in [0.15, 0.2) is 60.7 Å². The summed E-state index contributed by atoms with van der Waals surface area (Å²) in [6.45, 7) is -0.646. The standard InChI is InChI=1S/C26H33N5O7/c27-18(15-32)23(34)30-20(13-16-7-3-1-4-8-16)25(36)29-19(11-12-22(28)33)24(35)31-21(26(37)38)14-17-9-5-2-6-10-17/h1-10,18-21,32H,11-15,27H2,(H2,28,33)(H,29,36)(H,30,34)(H,31,35)(H,37,38). The molecule has 2 aromatic rings. The fraction of sp³-hybridized carbons (Fsp3) is 0.346. The minimum Gasteiger partial charge on any atom is -0.480 e. The number of carbonyl (C=O) groups excluding carboxylic acids is 4. The van der Waals surface area contributed by atoms with Gasteiger partial charge in [-0.15, -0.1) is 0 Å². The smallest absolute Gasteiger partial charge is 0.326 e. The average Bonchev–Trinajstić information content (AvgIpc) is 2.90. The molecule has 2 aromatic carbocycles. The Balaban J connectivity index is 2.22. The van der Waals surface area contributed by atoms with E-state index in [9.17, 15) is 34.2 Å². The molecule has 0 aliphatic rings. The number of aliphatic carboxylic acids is 1. The van der Waals surface area contributed by atoms with Crippen LogP contribution >= 0.6 is 0 Å². The zero-order chi connectivity index (χ0) is 28.1. The van der Waals surface area contributed by atoms with E-state index in [1.54, 1.807) is 60.7 Å². The second-order valence-corrected chi connectivity index (χ2v) is 8.70. The molecule has 0 radical (unpaired) electrons. The average molecular weight is 528 g/mol. The highest BCUT2D eigenvalue weighted by Crippen LogP contribution is 2.08. The number of hydrogen-bond acceptors (Lipinski definition) is 7. The van der Waals surface area contributed by atoms with Crippen LogP contribution in [0, 0.1) is 0 Å². The van der Waals surface area contributed by atoms with Crippen LogP contribution in [0.3, 0.4) is 0 Å². The van der Waals surface area contributed by atoms with Gasteiger partial charge in [-0.1, -0.05) is 60.7 Å². The summed E-state index contributed by atoms with van der Waals surface area (Å²) in [6, 6.07) is 12.3. The van der Waals surface area contributed by atoms with Gasteiger partial charge in [0, 0.05) is 19.3 Å². The zero-order valence-corrected chi connectivity index (χ0v) is 20.7. The summed E-state index contributed by atoms with van der Waals surface area (Å²) in [5.74, 6) is -4.39. The fourth-order valence-corrected chi connectivity index (χ4v) is 3.57. The number of amides is 4. The van der Waals surface area contributed by atoms with Crippen molar-refractivity contribution in [2.75, 3.05) is 6.61 Å². The van der Waals surface area contributed by atoms with E-state index in [4.69, 9.17) is 11.5 Å². The van der Waals surface area contributed by atoms with Crippen molar-refractivity contribution in [3.63, 3.8) is 0 Å². The predicted octanol–water partition coefficient (Wildman–Crippen LogP) is -1.40. The lowest BCUT2D eigenvalue weighted by molar-refractivity contribution is -0.142. The third kappa shape index (κ3) is 9.99. The molecule has 0 aromatic heterocycles. The Morgan fingerprint density at radius 2 is 1.16 bits per heavy atom. The number of hydrogen-bond donors (Lipinski definition) is 7. The lowest BCUT2D eigenvalue weighted by Crippen LogP contribution is -2.58. The highest BCUT2D eigenvalue weighted by molar-refractivity contribution is 5.94. The summed E-state index contributed by atoms with van der Waals surface area (Å²) in [7, 11) is 0. The predicted molar refractivity (Wildman–Crippen MR) is 137 cm³/mol. The molecule has 0 spiro atoms. The van der Waals surface area contributed by atoms with Crippen LogP contribution in [-0.2, 0) is 36.8 Å². The molecule has 38 heavy (non-hydrogen) atoms. The second kappa shape index (κ2) is 15.1. The monoisotopic (exact) mass is 527 g/mol. The molecule has 2 rings (SSSR count). The van der Waals surface area contributed by atoms with Crippen molar-refractivity contribution < 1.29 is 34.2 Å². The second-order valence-electron chi connectivity index (χ2n) is 8.70. The summed E-state index contributed by atoms with van der Waals surface area (Å²) >= 11 is 0. The molecule has 0 aliphatic heterocycles. The van der Waals surface area contributed by atoms with E-state index in [1.807, 2.05) is 0 Å². The molecule has 0 heterocycles. The van der Waals surface area contributed by atoms with Crippen molar-refractivity contribution in [3.8, 4) is 0 Å². The van der Waals surface area contributed by atoms with Gasteiger partial charge in [0.2, 0.25) is 23.6 Å². The van der Waals surface area contributed by atoms with Gasteiger partial charge in [0.25, 0.3) is 0 Å². The van der Waals surface area contributed by atoms with E-state index in [0.717, 1.165) is 0 Å². The normalized spacial score (nSPS) is 13.8. The van der Waals surface area contributed by atoms with Crippen molar-refractivity contribution >= 4 is 29.6 Å². The number of carboxylic acid groups (broad SMARTS) is 1. The molecule has 4 unspecified atom stereocenters. The molecule has 0 fully saturated rings. The van der Waals surface area contributed by atoms with Crippen LogP contribution in [0.1, 0.15) is 24.0 Å². The van der Waals surface area contributed by atoms with Crippen LogP contribution < -0.4 is 27.4 Å². The Bertz CT molecular complexity index is 1100. The maximum Gasteiger partial charge on any atom is 0.326 e. The van der Waals surface area contributed by atoms with Crippen molar-refractivity contribution in [2.45, 2.75) is 49.9 Å². The van der Waals surface area contributed by atoms with Crippen molar-refractivity contribution in [1.29, 1.82) is 0 Å². The lowest BCUT2D eigenvalue weighted by Gasteiger charge is -2.25. The molecule has 0 saturated heterocycles. The molecule has 12 nitrogen and oxygen atoms in total. The minimum absolute atomic E-state index is 0.00978. The molecular formula is C26H33N5O7. The molecule has 0 aliphatic carbocycles. The first-order valence-electron chi connectivity index (χ1n) is 12.0. The van der Waals surface area contributed by atoms with Gasteiger partial charge in [0.1, 0.15) is 24.2 Å². The van der Waals surface area contributed by atoms with Gasteiger partial charge in [-0.05, 0) is 17.5 Å². The summed E-state index contributed by atoms with van der Waals surface area (Å²) < 4.78 is 0. The summed E-state index contributed by atoms with van der Waals surface area (Å²) in [4.78, 5) is 61.8. The molecule has 0 saturated carbocycles. The maximum atomic E-state index is 13.2. The van der Waals surface area contributed by atoms with Crippen LogP contribution in [0.5, 0.6) is 0 Å². The van der Waals surface area contributed by atoms with E-state index in [1.165, 1.54) is 0 Å². The van der Waals surface area contributed by atoms with E-state index < -0.39 is 60.4 Å². The van der Waals surface area contributed by atoms with E-state index in [0.29, 0.717) is 11.1 Å². The first kappa shape index (κ1) is 29.9. The summed E-state index contributed by atoms with van der Waals surface area (Å²) in [6.07, 6.45) is -0.441. The molecule has 9 N–H and O–H groups in total. The Morgan fingerprint density at radius 3 is 1.63 bits per heavy atom. The van der Waals surface area contributed by atoms with Crippen LogP contribution in [0.4, 0.5) is 0 Å². The third-order valence-electron chi connectivity index (χ3n) is 5.66. The number of nitrogens with two attached hydrogens (primary N) is 2. The SMILES string of the molecule is NC(=O)CCC(NC(=O)C(Cc1ccccc1)NC(=O)C(N)CO)C(=O)NC(Cc1ccccc1)C(=O)O. The van der Waals surface area contributed by atoms with Gasteiger partial charge >= 0.3 is 5.97 Å². The number of aliphatic hydroxyl groups is 1. The summed E-state index contributed by atoms with van der Waals surface area (Å²) in [5, 5.41) is 26.2.